The fraction of sp³-hybridized carbons (Fsp3) is 0.357. The summed E-state index contributed by atoms with van der Waals surface area (Å²) in [6.45, 7) is 4.05. The highest BCUT2D eigenvalue weighted by Crippen LogP contribution is 2.25. The maximum atomic E-state index is 12.5. The topological polar surface area (TPSA) is 87.0 Å². The minimum absolute atomic E-state index is 0.146. The molecule has 1 saturated heterocycles. The van der Waals surface area contributed by atoms with E-state index in [4.69, 9.17) is 9.15 Å². The maximum absolute atomic E-state index is 12.5. The van der Waals surface area contributed by atoms with Crippen LogP contribution in [0.1, 0.15) is 23.8 Å². The minimum Gasteiger partial charge on any atom is -0.497 e. The van der Waals surface area contributed by atoms with Crippen LogP contribution in [0.3, 0.4) is 0 Å². The molecule has 190 valence electrons. The van der Waals surface area contributed by atoms with Gasteiger partial charge in [0.15, 0.2) is 0 Å². The fourth-order valence-corrected chi connectivity index (χ4v) is 4.46. The van der Waals surface area contributed by atoms with Gasteiger partial charge in [0.25, 0.3) is 0 Å². The number of benzene rings is 2. The number of hydrogen-bond acceptors (Lipinski definition) is 6. The van der Waals surface area contributed by atoms with E-state index in [2.05, 4.69) is 44.7 Å². The molecule has 0 unspecified atom stereocenters. The van der Waals surface area contributed by atoms with Crippen molar-refractivity contribution in [1.82, 2.24) is 15.5 Å². The van der Waals surface area contributed by atoms with E-state index >= 15 is 0 Å². The van der Waals surface area contributed by atoms with Crippen molar-refractivity contribution < 1.29 is 18.7 Å². The van der Waals surface area contributed by atoms with Gasteiger partial charge in [0.1, 0.15) is 11.5 Å². The van der Waals surface area contributed by atoms with Crippen molar-refractivity contribution in [3.05, 3.63) is 84.3 Å². The van der Waals surface area contributed by atoms with E-state index in [9.17, 15) is 9.59 Å². The van der Waals surface area contributed by atoms with Crippen LogP contribution in [-0.2, 0) is 16.0 Å². The second-order valence-corrected chi connectivity index (χ2v) is 8.81. The second-order valence-electron chi connectivity index (χ2n) is 8.81. The molecule has 1 aromatic heterocycles. The monoisotopic (exact) mass is 490 g/mol. The first kappa shape index (κ1) is 25.3. The standard InChI is InChI=1S/C28H34N4O4/c1-35-24-13-11-23(12-14-24)31-16-18-32(19-17-31)25(26-10-6-20-36-26)21-30-28(34)27(33)29-15-5-9-22-7-3-2-4-8-22/h2-4,6-8,10-14,20,25H,5,9,15-19,21H2,1H3,(H,29,33)(H,30,34)/t25-/m1/s1. The number of methoxy groups -OCH3 is 1. The lowest BCUT2D eigenvalue weighted by atomic mass is 10.1. The summed E-state index contributed by atoms with van der Waals surface area (Å²) in [6, 6.07) is 21.8. The van der Waals surface area contributed by atoms with Crippen LogP contribution in [0, 0.1) is 0 Å². The highest BCUT2D eigenvalue weighted by atomic mass is 16.5. The number of aryl methyl sites for hydroxylation is 1. The number of anilines is 1. The summed E-state index contributed by atoms with van der Waals surface area (Å²) >= 11 is 0. The third-order valence-electron chi connectivity index (χ3n) is 6.50. The van der Waals surface area contributed by atoms with Gasteiger partial charge in [-0.15, -0.1) is 0 Å². The molecular formula is C28H34N4O4. The van der Waals surface area contributed by atoms with Crippen molar-refractivity contribution in [3.63, 3.8) is 0 Å². The molecule has 0 bridgehead atoms. The van der Waals surface area contributed by atoms with Crippen LogP contribution in [0.15, 0.2) is 77.4 Å². The predicted molar refractivity (Wildman–Crippen MR) is 139 cm³/mol. The summed E-state index contributed by atoms with van der Waals surface area (Å²) in [5.41, 5.74) is 2.37. The largest absolute Gasteiger partial charge is 0.497 e. The number of carbonyl (C=O) groups is 2. The molecule has 1 atom stereocenters. The molecule has 4 rings (SSSR count). The van der Waals surface area contributed by atoms with Gasteiger partial charge in [-0.25, -0.2) is 0 Å². The van der Waals surface area contributed by atoms with E-state index in [-0.39, 0.29) is 6.04 Å². The van der Waals surface area contributed by atoms with E-state index < -0.39 is 11.8 Å². The number of carbonyl (C=O) groups excluding carboxylic acids is 2. The summed E-state index contributed by atoms with van der Waals surface area (Å²) in [4.78, 5) is 29.4. The number of furan rings is 1. The van der Waals surface area contributed by atoms with Crippen molar-refractivity contribution in [2.45, 2.75) is 18.9 Å². The zero-order valence-corrected chi connectivity index (χ0v) is 20.7. The summed E-state index contributed by atoms with van der Waals surface area (Å²) in [5.74, 6) is 0.386. The highest BCUT2D eigenvalue weighted by molar-refractivity contribution is 6.35. The molecule has 8 nitrogen and oxygen atoms in total. The molecule has 0 aliphatic carbocycles. The Morgan fingerprint density at radius 2 is 1.64 bits per heavy atom. The first-order valence-electron chi connectivity index (χ1n) is 12.4. The van der Waals surface area contributed by atoms with Crippen molar-refractivity contribution in [2.75, 3.05) is 51.3 Å². The van der Waals surface area contributed by atoms with Crippen LogP contribution in [0.2, 0.25) is 0 Å². The van der Waals surface area contributed by atoms with E-state index in [1.54, 1.807) is 13.4 Å². The zero-order chi connectivity index (χ0) is 25.2. The Kier molecular flexibility index (Phi) is 8.99. The van der Waals surface area contributed by atoms with E-state index in [1.165, 1.54) is 5.56 Å². The quantitative estimate of drug-likeness (QED) is 0.336. The van der Waals surface area contributed by atoms with Gasteiger partial charge < -0.3 is 24.7 Å². The van der Waals surface area contributed by atoms with Crippen LogP contribution in [-0.4, -0.2) is 63.1 Å². The summed E-state index contributed by atoms with van der Waals surface area (Å²) in [5, 5.41) is 5.52. The first-order valence-corrected chi connectivity index (χ1v) is 12.4. The Hall–Kier alpha value is -3.78. The number of amides is 2. The Bertz CT molecular complexity index is 1080. The lowest BCUT2D eigenvalue weighted by Gasteiger charge is -2.39. The molecular weight excluding hydrogens is 456 g/mol. The van der Waals surface area contributed by atoms with Gasteiger partial charge in [0, 0.05) is 45.0 Å². The van der Waals surface area contributed by atoms with Gasteiger partial charge in [-0.05, 0) is 54.8 Å². The molecule has 1 aliphatic heterocycles. The van der Waals surface area contributed by atoms with Crippen molar-refractivity contribution in [2.24, 2.45) is 0 Å². The van der Waals surface area contributed by atoms with Gasteiger partial charge >= 0.3 is 11.8 Å². The summed E-state index contributed by atoms with van der Waals surface area (Å²) in [7, 11) is 1.66. The molecule has 0 radical (unpaired) electrons. The molecule has 2 amide bonds. The molecule has 2 aromatic carbocycles. The number of nitrogens with zero attached hydrogens (tertiary/aromatic N) is 2. The summed E-state index contributed by atoms with van der Waals surface area (Å²) in [6.07, 6.45) is 3.26. The third kappa shape index (κ3) is 6.88. The molecule has 36 heavy (non-hydrogen) atoms. The number of nitrogens with one attached hydrogen (secondary N) is 2. The van der Waals surface area contributed by atoms with Crippen LogP contribution in [0.5, 0.6) is 5.75 Å². The van der Waals surface area contributed by atoms with E-state index in [0.717, 1.165) is 56.2 Å². The third-order valence-corrected chi connectivity index (χ3v) is 6.50. The molecule has 1 fully saturated rings. The lowest BCUT2D eigenvalue weighted by Crippen LogP contribution is -2.50. The van der Waals surface area contributed by atoms with Crippen molar-refractivity contribution >= 4 is 17.5 Å². The van der Waals surface area contributed by atoms with Crippen molar-refractivity contribution in [3.8, 4) is 5.75 Å². The highest BCUT2D eigenvalue weighted by Gasteiger charge is 2.28. The molecule has 3 aromatic rings. The van der Waals surface area contributed by atoms with E-state index in [1.807, 2.05) is 42.5 Å². The molecule has 2 heterocycles. The smallest absolute Gasteiger partial charge is 0.309 e. The average molecular weight is 491 g/mol. The molecule has 0 saturated carbocycles. The molecule has 1 aliphatic rings. The average Bonchev–Trinajstić information content (AvgIpc) is 3.47. The molecule has 8 heteroatoms. The zero-order valence-electron chi connectivity index (χ0n) is 20.7. The predicted octanol–water partition coefficient (Wildman–Crippen LogP) is 3.02. The summed E-state index contributed by atoms with van der Waals surface area (Å²) < 4.78 is 10.9. The SMILES string of the molecule is COc1ccc(N2CCN([C@H](CNC(=O)C(=O)NCCCc3ccccc3)c3ccco3)CC2)cc1. The van der Waals surface area contributed by atoms with Gasteiger partial charge in [-0.1, -0.05) is 30.3 Å². The number of hydrogen-bond donors (Lipinski definition) is 2. The second kappa shape index (κ2) is 12.8. The molecule has 0 spiro atoms. The van der Waals surface area contributed by atoms with Gasteiger partial charge in [-0.3, -0.25) is 14.5 Å². The minimum atomic E-state index is -0.622. The van der Waals surface area contributed by atoms with Crippen LogP contribution in [0.25, 0.3) is 0 Å². The van der Waals surface area contributed by atoms with Gasteiger partial charge in [0.05, 0.1) is 19.4 Å². The number of rotatable bonds is 10. The van der Waals surface area contributed by atoms with Crippen LogP contribution >= 0.6 is 0 Å². The normalized spacial score (nSPS) is 14.8. The Morgan fingerprint density at radius 3 is 2.31 bits per heavy atom. The number of ether oxygens (including phenoxy) is 1. The van der Waals surface area contributed by atoms with Gasteiger partial charge in [0.2, 0.25) is 0 Å². The Balaban J connectivity index is 1.25. The van der Waals surface area contributed by atoms with Crippen LogP contribution < -0.4 is 20.3 Å². The number of piperazine rings is 1. The Morgan fingerprint density at radius 1 is 0.917 bits per heavy atom. The van der Waals surface area contributed by atoms with E-state index in [0.29, 0.717) is 13.1 Å². The molecule has 2 N–H and O–H groups in total. The van der Waals surface area contributed by atoms with Crippen molar-refractivity contribution in [1.29, 1.82) is 0 Å². The lowest BCUT2D eigenvalue weighted by molar-refractivity contribution is -0.139. The maximum Gasteiger partial charge on any atom is 0.309 e. The fourth-order valence-electron chi connectivity index (χ4n) is 4.46. The van der Waals surface area contributed by atoms with Gasteiger partial charge in [-0.2, -0.15) is 0 Å². The van der Waals surface area contributed by atoms with Crippen LogP contribution in [0.4, 0.5) is 5.69 Å². The Labute approximate surface area is 212 Å². The first-order chi connectivity index (χ1) is 17.6.